The van der Waals surface area contributed by atoms with E-state index in [-0.39, 0.29) is 60.0 Å². The molecule has 1 heterocycles. The van der Waals surface area contributed by atoms with Gasteiger partial charge in [0.1, 0.15) is 5.69 Å². The first-order valence-corrected chi connectivity index (χ1v) is 10.2. The number of allylic oxidation sites excluding steroid dienone is 3. The number of carbonyl (C=O) groups is 3. The number of carbonyl (C=O) groups excluding carboxylic acids is 2. The predicted molar refractivity (Wildman–Crippen MR) is 120 cm³/mol. The Kier molecular flexibility index (Phi) is 7.04. The molecule has 3 rings (SSSR count). The third-order valence-corrected chi connectivity index (χ3v) is 5.11. The van der Waals surface area contributed by atoms with Gasteiger partial charge in [-0.05, 0) is 31.4 Å². The highest BCUT2D eigenvalue weighted by Gasteiger charge is 2.29. The van der Waals surface area contributed by atoms with Gasteiger partial charge >= 0.3 is 5.97 Å². The molecule has 1 aliphatic carbocycles. The Bertz CT molecular complexity index is 1040. The van der Waals surface area contributed by atoms with Gasteiger partial charge in [-0.25, -0.2) is 5.01 Å². The van der Waals surface area contributed by atoms with Crippen LogP contribution in [0.2, 0.25) is 0 Å². The van der Waals surface area contributed by atoms with Gasteiger partial charge in [-0.3, -0.25) is 19.8 Å². The fourth-order valence-electron chi connectivity index (χ4n) is 3.32. The molecule has 0 saturated carbocycles. The maximum atomic E-state index is 12.6. The van der Waals surface area contributed by atoms with E-state index in [1.807, 2.05) is 25.2 Å². The number of phenols is 1. The number of hydrogen-bond donors (Lipinski definition) is 4. The lowest BCUT2D eigenvalue weighted by Gasteiger charge is -2.20. The van der Waals surface area contributed by atoms with Crippen LogP contribution < -0.4 is 10.7 Å². The normalized spacial score (nSPS) is 21.1. The Morgan fingerprint density at radius 1 is 1.22 bits per heavy atom. The van der Waals surface area contributed by atoms with Gasteiger partial charge in [-0.15, -0.1) is 0 Å². The number of carboxylic acid groups (broad SMARTS) is 1. The summed E-state index contributed by atoms with van der Waals surface area (Å²) in [5.41, 5.74) is 3.50. The van der Waals surface area contributed by atoms with E-state index in [1.54, 1.807) is 31.2 Å². The number of hydrogen-bond acceptors (Lipinski definition) is 7. The van der Waals surface area contributed by atoms with Crippen LogP contribution in [0.5, 0.6) is 5.75 Å². The van der Waals surface area contributed by atoms with Crippen LogP contribution in [0.15, 0.2) is 52.7 Å². The first-order valence-electron chi connectivity index (χ1n) is 10.2. The van der Waals surface area contributed by atoms with Gasteiger partial charge in [0.05, 0.1) is 17.3 Å². The Hall–Kier alpha value is -3.95. The molecule has 0 fully saturated rings. The van der Waals surface area contributed by atoms with Crippen molar-refractivity contribution in [3.63, 3.8) is 0 Å². The average molecular weight is 439 g/mol. The Morgan fingerprint density at radius 3 is 2.66 bits per heavy atom. The van der Waals surface area contributed by atoms with Crippen molar-refractivity contribution in [3.05, 3.63) is 42.5 Å². The van der Waals surface area contributed by atoms with E-state index >= 15 is 0 Å². The molecule has 2 aliphatic rings. The molecule has 1 aliphatic heterocycles. The minimum Gasteiger partial charge on any atom is -0.504 e. The second-order valence-electron chi connectivity index (χ2n) is 7.53. The summed E-state index contributed by atoms with van der Waals surface area (Å²) in [7, 11) is 0. The number of rotatable bonds is 8. The summed E-state index contributed by atoms with van der Waals surface area (Å²) in [4.78, 5) is 35.7. The molecule has 0 spiro atoms. The van der Waals surface area contributed by atoms with Crippen LogP contribution in [0.4, 0.5) is 11.4 Å². The zero-order valence-corrected chi connectivity index (χ0v) is 17.8. The predicted octanol–water partition coefficient (Wildman–Crippen LogP) is 2.56. The maximum absolute atomic E-state index is 12.6. The number of carboxylic acids is 1. The molecule has 0 bridgehead atoms. The SMILES string of the molecule is CC1=NN(CCCC(=O)O)C(=O)/C1=N\Nc1cccc(NC(=O)C2C=CC=CC2C)c1O. The molecular weight excluding hydrogens is 414 g/mol. The van der Waals surface area contributed by atoms with Crippen molar-refractivity contribution in [2.24, 2.45) is 22.0 Å². The van der Waals surface area contributed by atoms with Gasteiger partial charge in [0.15, 0.2) is 11.5 Å². The summed E-state index contributed by atoms with van der Waals surface area (Å²) in [6, 6.07) is 4.75. The highest BCUT2D eigenvalue weighted by molar-refractivity contribution is 6.68. The Morgan fingerprint density at radius 2 is 1.94 bits per heavy atom. The monoisotopic (exact) mass is 439 g/mol. The second-order valence-corrected chi connectivity index (χ2v) is 7.53. The largest absolute Gasteiger partial charge is 0.504 e. The van der Waals surface area contributed by atoms with Gasteiger partial charge in [-0.2, -0.15) is 10.2 Å². The van der Waals surface area contributed by atoms with Crippen LogP contribution in [-0.2, 0) is 14.4 Å². The lowest BCUT2D eigenvalue weighted by Crippen LogP contribution is -2.29. The molecular formula is C22H25N5O5. The van der Waals surface area contributed by atoms with Crippen molar-refractivity contribution < 1.29 is 24.6 Å². The molecule has 168 valence electrons. The van der Waals surface area contributed by atoms with E-state index in [0.717, 1.165) is 0 Å². The summed E-state index contributed by atoms with van der Waals surface area (Å²) < 4.78 is 0. The molecule has 4 N–H and O–H groups in total. The number of benzene rings is 1. The lowest BCUT2D eigenvalue weighted by molar-refractivity contribution is -0.137. The van der Waals surface area contributed by atoms with Gasteiger partial charge in [-0.1, -0.05) is 37.3 Å². The molecule has 32 heavy (non-hydrogen) atoms. The van der Waals surface area contributed by atoms with Gasteiger partial charge in [0.2, 0.25) is 5.91 Å². The molecule has 0 aromatic heterocycles. The molecule has 1 aromatic rings. The fourth-order valence-corrected chi connectivity index (χ4v) is 3.32. The molecule has 10 heteroatoms. The minimum absolute atomic E-state index is 0.0314. The zero-order valence-electron chi connectivity index (χ0n) is 17.8. The highest BCUT2D eigenvalue weighted by atomic mass is 16.4. The van der Waals surface area contributed by atoms with Gasteiger partial charge < -0.3 is 15.5 Å². The standard InChI is InChI=1S/C22H25N5O5/c1-13-7-3-4-8-15(13)21(31)23-16-9-5-10-17(20(16)30)24-25-19-14(2)26-27(22(19)32)12-6-11-18(28)29/h3-5,7-10,13,15,24,30H,6,11-12H2,1-2H3,(H,23,31)(H,28,29)/b25-19-. The average Bonchev–Trinajstić information content (AvgIpc) is 3.01. The molecule has 2 unspecified atom stereocenters. The van der Waals surface area contributed by atoms with Crippen molar-refractivity contribution >= 4 is 40.6 Å². The van der Waals surface area contributed by atoms with Crippen LogP contribution in [0.3, 0.4) is 0 Å². The van der Waals surface area contributed by atoms with E-state index in [1.165, 1.54) is 5.01 Å². The topological polar surface area (TPSA) is 144 Å². The molecule has 10 nitrogen and oxygen atoms in total. The first-order chi connectivity index (χ1) is 15.3. The van der Waals surface area contributed by atoms with Crippen LogP contribution in [0, 0.1) is 11.8 Å². The Labute approximate surface area is 185 Å². The number of anilines is 2. The van der Waals surface area contributed by atoms with Crippen molar-refractivity contribution in [2.45, 2.75) is 26.7 Å². The smallest absolute Gasteiger partial charge is 0.303 e. The zero-order chi connectivity index (χ0) is 23.3. The molecule has 2 atom stereocenters. The van der Waals surface area contributed by atoms with E-state index in [4.69, 9.17) is 5.11 Å². The summed E-state index contributed by atoms with van der Waals surface area (Å²) >= 11 is 0. The third kappa shape index (κ3) is 5.20. The number of aliphatic carboxylic acids is 1. The molecule has 0 saturated heterocycles. The Balaban J connectivity index is 1.67. The number of amides is 2. The lowest BCUT2D eigenvalue weighted by atomic mass is 9.89. The summed E-state index contributed by atoms with van der Waals surface area (Å²) in [6.45, 7) is 3.71. The van der Waals surface area contributed by atoms with E-state index in [2.05, 4.69) is 20.9 Å². The first kappa shape index (κ1) is 22.7. The molecule has 1 aromatic carbocycles. The summed E-state index contributed by atoms with van der Waals surface area (Å²) in [6.07, 6.45) is 7.64. The number of nitrogens with zero attached hydrogens (tertiary/aromatic N) is 3. The summed E-state index contributed by atoms with van der Waals surface area (Å²) in [5, 5.41) is 31.4. The second kappa shape index (κ2) is 9.90. The number of phenolic OH excluding ortho intramolecular Hbond substituents is 1. The quantitative estimate of drug-likeness (QED) is 0.362. The number of para-hydroxylation sites is 1. The van der Waals surface area contributed by atoms with Crippen LogP contribution in [0.1, 0.15) is 26.7 Å². The fraction of sp³-hybridized carbons (Fsp3) is 0.318. The van der Waals surface area contributed by atoms with E-state index < -0.39 is 11.9 Å². The van der Waals surface area contributed by atoms with Crippen LogP contribution in [-0.4, -0.2) is 51.0 Å². The van der Waals surface area contributed by atoms with Crippen LogP contribution >= 0.6 is 0 Å². The minimum atomic E-state index is -0.944. The van der Waals surface area contributed by atoms with E-state index in [9.17, 15) is 19.5 Å². The third-order valence-electron chi connectivity index (χ3n) is 5.11. The van der Waals surface area contributed by atoms with Crippen molar-refractivity contribution in [2.75, 3.05) is 17.3 Å². The maximum Gasteiger partial charge on any atom is 0.303 e. The van der Waals surface area contributed by atoms with Gasteiger partial charge in [0.25, 0.3) is 5.91 Å². The highest BCUT2D eigenvalue weighted by Crippen LogP contribution is 2.33. The number of hydrazone groups is 2. The van der Waals surface area contributed by atoms with Crippen molar-refractivity contribution in [1.29, 1.82) is 0 Å². The van der Waals surface area contributed by atoms with Crippen molar-refractivity contribution in [1.82, 2.24) is 5.01 Å². The van der Waals surface area contributed by atoms with Crippen LogP contribution in [0.25, 0.3) is 0 Å². The van der Waals surface area contributed by atoms with E-state index in [0.29, 0.717) is 5.71 Å². The molecule has 2 amide bonds. The number of nitrogens with one attached hydrogen (secondary N) is 2. The summed E-state index contributed by atoms with van der Waals surface area (Å²) in [5.74, 6) is -2.19. The van der Waals surface area contributed by atoms with Crippen molar-refractivity contribution in [3.8, 4) is 5.75 Å². The number of aromatic hydroxyl groups is 1. The molecule has 0 radical (unpaired) electrons. The van der Waals surface area contributed by atoms with Gasteiger partial charge in [0, 0.05) is 13.0 Å².